The quantitative estimate of drug-likeness (QED) is 0.850. The molecule has 0 aliphatic heterocycles. The normalized spacial score (nSPS) is 12.2. The van der Waals surface area contributed by atoms with Crippen LogP contribution in [0.4, 0.5) is 0 Å². The van der Waals surface area contributed by atoms with Crippen LogP contribution >= 0.6 is 0 Å². The van der Waals surface area contributed by atoms with Crippen LogP contribution in [0.1, 0.15) is 23.9 Å². The van der Waals surface area contributed by atoms with Crippen LogP contribution in [0, 0.1) is 0 Å². The predicted octanol–water partition coefficient (Wildman–Crippen LogP) is 2.33. The van der Waals surface area contributed by atoms with Crippen LogP contribution in [-0.4, -0.2) is 30.8 Å². The Kier molecular flexibility index (Phi) is 5.22. The van der Waals surface area contributed by atoms with Crippen molar-refractivity contribution in [1.29, 1.82) is 0 Å². The highest BCUT2D eigenvalue weighted by molar-refractivity contribution is 5.47. The van der Waals surface area contributed by atoms with E-state index in [4.69, 9.17) is 9.47 Å². The lowest BCUT2D eigenvalue weighted by atomic mass is 9.99. The first-order valence-corrected chi connectivity index (χ1v) is 7.05. The third-order valence-electron chi connectivity index (χ3n) is 3.74. The van der Waals surface area contributed by atoms with Gasteiger partial charge in [-0.3, -0.25) is 0 Å². The van der Waals surface area contributed by atoms with Crippen molar-refractivity contribution in [3.63, 3.8) is 0 Å². The van der Waals surface area contributed by atoms with Gasteiger partial charge in [-0.25, -0.2) is 4.98 Å². The Balaban J connectivity index is 2.22. The minimum Gasteiger partial charge on any atom is -0.496 e. The number of methoxy groups -OCH3 is 2. The van der Waals surface area contributed by atoms with Gasteiger partial charge in [0.1, 0.15) is 17.3 Å². The Morgan fingerprint density at radius 1 is 1.24 bits per heavy atom. The predicted molar refractivity (Wildman–Crippen MR) is 82.9 cm³/mol. The molecule has 5 nitrogen and oxygen atoms in total. The van der Waals surface area contributed by atoms with Gasteiger partial charge in [0.25, 0.3) is 0 Å². The summed E-state index contributed by atoms with van der Waals surface area (Å²) < 4.78 is 13.0. The van der Waals surface area contributed by atoms with Crippen LogP contribution < -0.4 is 14.8 Å². The molecule has 0 fully saturated rings. The van der Waals surface area contributed by atoms with E-state index in [-0.39, 0.29) is 6.04 Å². The number of rotatable bonds is 7. The second kappa shape index (κ2) is 7.13. The zero-order valence-electron chi connectivity index (χ0n) is 13.1. The van der Waals surface area contributed by atoms with Crippen LogP contribution in [0.5, 0.6) is 11.5 Å². The molecule has 2 rings (SSSR count). The molecule has 5 heteroatoms. The highest BCUT2D eigenvalue weighted by Gasteiger charge is 2.20. The van der Waals surface area contributed by atoms with Gasteiger partial charge in [0.15, 0.2) is 0 Å². The van der Waals surface area contributed by atoms with Gasteiger partial charge >= 0.3 is 0 Å². The molecule has 21 heavy (non-hydrogen) atoms. The Morgan fingerprint density at radius 2 is 1.90 bits per heavy atom. The number of hydrogen-bond donors (Lipinski definition) is 1. The second-order valence-corrected chi connectivity index (χ2v) is 4.91. The number of benzene rings is 1. The molecule has 0 spiro atoms. The van der Waals surface area contributed by atoms with E-state index in [9.17, 15) is 0 Å². The number of aromatic nitrogens is 2. The summed E-state index contributed by atoms with van der Waals surface area (Å²) in [6.45, 7) is 0. The topological polar surface area (TPSA) is 48.3 Å². The first kappa shape index (κ1) is 15.4. The van der Waals surface area contributed by atoms with Gasteiger partial charge in [-0.15, -0.1) is 0 Å². The van der Waals surface area contributed by atoms with Gasteiger partial charge in [0.05, 0.1) is 19.8 Å². The zero-order chi connectivity index (χ0) is 15.2. The van der Waals surface area contributed by atoms with Gasteiger partial charge in [-0.2, -0.15) is 0 Å². The van der Waals surface area contributed by atoms with Gasteiger partial charge < -0.3 is 19.4 Å². The maximum Gasteiger partial charge on any atom is 0.127 e. The molecule has 0 bridgehead atoms. The first-order valence-electron chi connectivity index (χ1n) is 7.05. The average molecular weight is 289 g/mol. The maximum atomic E-state index is 5.49. The highest BCUT2D eigenvalue weighted by Crippen LogP contribution is 2.35. The number of hydrogen-bond acceptors (Lipinski definition) is 4. The summed E-state index contributed by atoms with van der Waals surface area (Å²) in [6.07, 6.45) is 5.59. The van der Waals surface area contributed by atoms with Gasteiger partial charge in [-0.1, -0.05) is 6.07 Å². The minimum atomic E-state index is 0.146. The summed E-state index contributed by atoms with van der Waals surface area (Å²) in [7, 11) is 7.34. The van der Waals surface area contributed by atoms with Crippen LogP contribution in [-0.2, 0) is 13.5 Å². The van der Waals surface area contributed by atoms with Crippen molar-refractivity contribution < 1.29 is 9.47 Å². The summed E-state index contributed by atoms with van der Waals surface area (Å²) in [4.78, 5) is 4.37. The molecule has 1 heterocycles. The number of nitrogens with zero attached hydrogens (tertiary/aromatic N) is 2. The molecule has 0 radical (unpaired) electrons. The van der Waals surface area contributed by atoms with E-state index >= 15 is 0 Å². The van der Waals surface area contributed by atoms with Crippen LogP contribution in [0.25, 0.3) is 0 Å². The molecule has 1 aromatic carbocycles. The molecule has 114 valence electrons. The molecular formula is C16H23N3O2. The minimum absolute atomic E-state index is 0.146. The van der Waals surface area contributed by atoms with Crippen molar-refractivity contribution in [1.82, 2.24) is 14.9 Å². The Morgan fingerprint density at radius 3 is 2.38 bits per heavy atom. The Hall–Kier alpha value is -2.01. The van der Waals surface area contributed by atoms with Crippen molar-refractivity contribution in [3.8, 4) is 11.5 Å². The average Bonchev–Trinajstić information content (AvgIpc) is 2.93. The Labute approximate surface area is 125 Å². The fraction of sp³-hybridized carbons (Fsp3) is 0.438. The van der Waals surface area contributed by atoms with E-state index in [1.165, 1.54) is 0 Å². The molecule has 0 aliphatic carbocycles. The Bertz CT molecular complexity index is 558. The fourth-order valence-corrected chi connectivity index (χ4v) is 2.57. The number of nitrogens with one attached hydrogen (secondary N) is 1. The summed E-state index contributed by atoms with van der Waals surface area (Å²) in [6, 6.07) is 6.01. The first-order chi connectivity index (χ1) is 10.2. The summed E-state index contributed by atoms with van der Waals surface area (Å²) in [5.74, 6) is 2.76. The van der Waals surface area contributed by atoms with Crippen LogP contribution in [0.2, 0.25) is 0 Å². The summed E-state index contributed by atoms with van der Waals surface area (Å²) in [5, 5.41) is 3.35. The van der Waals surface area contributed by atoms with E-state index < -0.39 is 0 Å². The number of ether oxygens (including phenoxy) is 2. The monoisotopic (exact) mass is 289 g/mol. The lowest BCUT2D eigenvalue weighted by Crippen LogP contribution is -2.19. The smallest absolute Gasteiger partial charge is 0.127 e. The molecule has 0 saturated heterocycles. The van der Waals surface area contributed by atoms with Gasteiger partial charge in [0.2, 0.25) is 0 Å². The molecular weight excluding hydrogens is 266 g/mol. The molecule has 0 saturated carbocycles. The van der Waals surface area contributed by atoms with E-state index in [0.29, 0.717) is 0 Å². The lowest BCUT2D eigenvalue weighted by Gasteiger charge is -2.21. The second-order valence-electron chi connectivity index (χ2n) is 4.91. The molecule has 0 aliphatic rings. The molecule has 1 N–H and O–H groups in total. The van der Waals surface area contributed by atoms with Gasteiger partial charge in [0, 0.05) is 31.9 Å². The molecule has 1 unspecified atom stereocenters. The van der Waals surface area contributed by atoms with Crippen LogP contribution in [0.3, 0.4) is 0 Å². The number of imidazole rings is 1. The maximum absolute atomic E-state index is 5.49. The SMILES string of the molecule is CNC(CCc1nccn1C)c1c(OC)cccc1OC. The standard InChI is InChI=1S/C16H23N3O2/c1-17-12(8-9-15-18-10-11-19(15)2)16-13(20-3)6-5-7-14(16)21-4/h5-7,10-12,17H,8-9H2,1-4H3. The molecule has 1 aromatic heterocycles. The van der Waals surface area contributed by atoms with Gasteiger partial charge in [-0.05, 0) is 25.6 Å². The van der Waals surface area contributed by atoms with Crippen LogP contribution in [0.15, 0.2) is 30.6 Å². The van der Waals surface area contributed by atoms with E-state index in [2.05, 4.69) is 10.3 Å². The largest absolute Gasteiger partial charge is 0.496 e. The van der Waals surface area contributed by atoms with Crippen molar-refractivity contribution in [2.24, 2.45) is 7.05 Å². The van der Waals surface area contributed by atoms with E-state index in [1.807, 2.05) is 49.3 Å². The number of aryl methyl sites for hydroxylation is 2. The third kappa shape index (κ3) is 3.36. The summed E-state index contributed by atoms with van der Waals surface area (Å²) >= 11 is 0. The molecule has 2 aromatic rings. The van der Waals surface area contributed by atoms with E-state index in [0.717, 1.165) is 35.7 Å². The lowest BCUT2D eigenvalue weighted by molar-refractivity contribution is 0.369. The van der Waals surface area contributed by atoms with Crippen molar-refractivity contribution in [3.05, 3.63) is 42.0 Å². The molecule has 1 atom stereocenters. The van der Waals surface area contributed by atoms with Crippen molar-refractivity contribution in [2.75, 3.05) is 21.3 Å². The third-order valence-corrected chi connectivity index (χ3v) is 3.74. The van der Waals surface area contributed by atoms with Crippen molar-refractivity contribution >= 4 is 0 Å². The summed E-state index contributed by atoms with van der Waals surface area (Å²) in [5.41, 5.74) is 1.05. The van der Waals surface area contributed by atoms with E-state index in [1.54, 1.807) is 14.2 Å². The van der Waals surface area contributed by atoms with Crippen molar-refractivity contribution in [2.45, 2.75) is 18.9 Å². The fourth-order valence-electron chi connectivity index (χ4n) is 2.57. The zero-order valence-corrected chi connectivity index (χ0v) is 13.1. The highest BCUT2D eigenvalue weighted by atomic mass is 16.5. The molecule has 0 amide bonds.